The van der Waals surface area contributed by atoms with Crippen LogP contribution in [-0.2, 0) is 0 Å². The maximum absolute atomic E-state index is 6.33. The normalized spacial score (nSPS) is 29.5. The minimum atomic E-state index is 0.410. The average Bonchev–Trinajstić information content (AvgIpc) is 2.30. The van der Waals surface area contributed by atoms with Crippen molar-refractivity contribution in [3.63, 3.8) is 0 Å². The summed E-state index contributed by atoms with van der Waals surface area (Å²) in [5.41, 5.74) is 6.82. The van der Waals surface area contributed by atoms with Gasteiger partial charge in [-0.15, -0.1) is 0 Å². The first-order chi connectivity index (χ1) is 8.39. The molecule has 0 amide bonds. The fourth-order valence-electron chi connectivity index (χ4n) is 3.22. The van der Waals surface area contributed by atoms with Crippen molar-refractivity contribution in [1.82, 2.24) is 4.90 Å². The summed E-state index contributed by atoms with van der Waals surface area (Å²) in [6.45, 7) is 8.25. The molecule has 2 nitrogen and oxygen atoms in total. The van der Waals surface area contributed by atoms with Crippen LogP contribution in [-0.4, -0.2) is 42.6 Å². The van der Waals surface area contributed by atoms with Gasteiger partial charge in [-0.1, -0.05) is 20.8 Å². The van der Waals surface area contributed by atoms with Crippen LogP contribution >= 0.6 is 11.8 Å². The van der Waals surface area contributed by atoms with Crippen LogP contribution in [0.15, 0.2) is 0 Å². The van der Waals surface area contributed by atoms with Crippen molar-refractivity contribution < 1.29 is 0 Å². The van der Waals surface area contributed by atoms with Crippen molar-refractivity contribution >= 4 is 11.8 Å². The van der Waals surface area contributed by atoms with Crippen molar-refractivity contribution in [1.29, 1.82) is 0 Å². The van der Waals surface area contributed by atoms with Gasteiger partial charge in [0.1, 0.15) is 0 Å². The summed E-state index contributed by atoms with van der Waals surface area (Å²) in [4.78, 5) is 2.54. The van der Waals surface area contributed by atoms with Crippen LogP contribution in [0.1, 0.15) is 46.5 Å². The lowest BCUT2D eigenvalue weighted by Gasteiger charge is -2.42. The average molecular weight is 273 g/mol. The number of hydrogen-bond acceptors (Lipinski definition) is 3. The third-order valence-corrected chi connectivity index (χ3v) is 5.27. The zero-order valence-electron chi connectivity index (χ0n) is 12.9. The second-order valence-corrected chi connectivity index (χ2v) is 7.70. The van der Waals surface area contributed by atoms with E-state index in [2.05, 4.69) is 39.0 Å². The van der Waals surface area contributed by atoms with Gasteiger partial charge in [0, 0.05) is 24.4 Å². The Morgan fingerprint density at radius 2 is 2.11 bits per heavy atom. The van der Waals surface area contributed by atoms with Crippen molar-refractivity contribution in [3.05, 3.63) is 0 Å². The summed E-state index contributed by atoms with van der Waals surface area (Å²) in [7, 11) is 2.28. The van der Waals surface area contributed by atoms with Crippen molar-refractivity contribution in [2.24, 2.45) is 17.1 Å². The molecule has 0 radical (unpaired) electrons. The molecule has 0 aromatic heterocycles. The SMILES string of the molecule is CCC(CSC)N(C)CC1CC(C)(C)CCC1N. The first kappa shape index (κ1) is 16.3. The van der Waals surface area contributed by atoms with E-state index in [1.165, 1.54) is 38.0 Å². The topological polar surface area (TPSA) is 29.3 Å². The Kier molecular flexibility index (Phi) is 6.49. The summed E-state index contributed by atoms with van der Waals surface area (Å²) in [6, 6.07) is 1.12. The van der Waals surface area contributed by atoms with Crippen LogP contribution < -0.4 is 5.73 Å². The third kappa shape index (κ3) is 4.75. The Bertz CT molecular complexity index is 243. The van der Waals surface area contributed by atoms with Crippen LogP contribution in [0.5, 0.6) is 0 Å². The molecule has 0 heterocycles. The molecule has 1 aliphatic carbocycles. The van der Waals surface area contributed by atoms with Gasteiger partial charge in [-0.25, -0.2) is 0 Å². The van der Waals surface area contributed by atoms with Crippen LogP contribution in [0.4, 0.5) is 0 Å². The van der Waals surface area contributed by atoms with Gasteiger partial charge in [-0.05, 0) is 50.3 Å². The second-order valence-electron chi connectivity index (χ2n) is 6.79. The smallest absolute Gasteiger partial charge is 0.0180 e. The molecule has 0 aromatic rings. The van der Waals surface area contributed by atoms with Gasteiger partial charge in [0.15, 0.2) is 0 Å². The minimum absolute atomic E-state index is 0.410. The van der Waals surface area contributed by atoms with Gasteiger partial charge in [-0.2, -0.15) is 11.8 Å². The highest BCUT2D eigenvalue weighted by molar-refractivity contribution is 7.98. The molecule has 0 aromatic carbocycles. The zero-order chi connectivity index (χ0) is 13.8. The number of nitrogens with two attached hydrogens (primary N) is 1. The van der Waals surface area contributed by atoms with E-state index in [1.807, 2.05) is 11.8 Å². The fourth-order valence-corrected chi connectivity index (χ4v) is 4.10. The van der Waals surface area contributed by atoms with Crippen molar-refractivity contribution in [3.8, 4) is 0 Å². The van der Waals surface area contributed by atoms with Gasteiger partial charge in [0.2, 0.25) is 0 Å². The lowest BCUT2D eigenvalue weighted by atomic mass is 9.70. The number of nitrogens with zero attached hydrogens (tertiary/aromatic N) is 1. The number of hydrogen-bond donors (Lipinski definition) is 1. The van der Waals surface area contributed by atoms with E-state index in [0.717, 1.165) is 0 Å². The number of rotatable bonds is 6. The summed E-state index contributed by atoms with van der Waals surface area (Å²) < 4.78 is 0. The Morgan fingerprint density at radius 1 is 1.44 bits per heavy atom. The molecular formula is C15H32N2S. The molecule has 1 aliphatic rings. The lowest BCUT2D eigenvalue weighted by molar-refractivity contribution is 0.111. The Labute approximate surface area is 118 Å². The Balaban J connectivity index is 2.53. The lowest BCUT2D eigenvalue weighted by Crippen LogP contribution is -2.46. The molecule has 1 fully saturated rings. The monoisotopic (exact) mass is 272 g/mol. The molecule has 1 rings (SSSR count). The third-order valence-electron chi connectivity index (χ3n) is 4.55. The van der Waals surface area contributed by atoms with E-state index >= 15 is 0 Å². The van der Waals surface area contributed by atoms with Gasteiger partial charge in [-0.3, -0.25) is 0 Å². The first-order valence-corrected chi connectivity index (χ1v) is 8.73. The first-order valence-electron chi connectivity index (χ1n) is 7.34. The van der Waals surface area contributed by atoms with Gasteiger partial charge in [0.05, 0.1) is 0 Å². The van der Waals surface area contributed by atoms with Gasteiger partial charge >= 0.3 is 0 Å². The molecule has 2 N–H and O–H groups in total. The van der Waals surface area contributed by atoms with E-state index in [0.29, 0.717) is 23.4 Å². The van der Waals surface area contributed by atoms with E-state index in [1.54, 1.807) is 0 Å². The highest BCUT2D eigenvalue weighted by atomic mass is 32.2. The second kappa shape index (κ2) is 7.16. The summed E-state index contributed by atoms with van der Waals surface area (Å²) in [6.07, 6.45) is 7.21. The summed E-state index contributed by atoms with van der Waals surface area (Å²) in [5, 5.41) is 0. The molecule has 3 unspecified atom stereocenters. The standard InChI is InChI=1S/C15H32N2S/c1-6-13(11-18-5)17(4)10-12-9-15(2,3)8-7-14(12)16/h12-14H,6-11,16H2,1-5H3. The summed E-state index contributed by atoms with van der Waals surface area (Å²) >= 11 is 1.95. The minimum Gasteiger partial charge on any atom is -0.327 e. The summed E-state index contributed by atoms with van der Waals surface area (Å²) in [5.74, 6) is 1.91. The molecular weight excluding hydrogens is 240 g/mol. The Hall–Kier alpha value is 0.270. The van der Waals surface area contributed by atoms with Crippen LogP contribution in [0.3, 0.4) is 0 Å². The Morgan fingerprint density at radius 3 is 2.67 bits per heavy atom. The molecule has 0 bridgehead atoms. The molecule has 108 valence electrons. The van der Waals surface area contributed by atoms with Crippen LogP contribution in [0, 0.1) is 11.3 Å². The molecule has 3 heteroatoms. The predicted molar refractivity (Wildman–Crippen MR) is 84.2 cm³/mol. The predicted octanol–water partition coefficient (Wildman–Crippen LogP) is 3.21. The highest BCUT2D eigenvalue weighted by Gasteiger charge is 2.34. The molecule has 1 saturated carbocycles. The fraction of sp³-hybridized carbons (Fsp3) is 1.00. The van der Waals surface area contributed by atoms with Crippen molar-refractivity contribution in [2.45, 2.75) is 58.5 Å². The zero-order valence-corrected chi connectivity index (χ0v) is 13.7. The van der Waals surface area contributed by atoms with Gasteiger partial charge < -0.3 is 10.6 Å². The van der Waals surface area contributed by atoms with Gasteiger partial charge in [0.25, 0.3) is 0 Å². The quantitative estimate of drug-likeness (QED) is 0.805. The molecule has 0 aliphatic heterocycles. The molecule has 18 heavy (non-hydrogen) atoms. The van der Waals surface area contributed by atoms with E-state index in [-0.39, 0.29) is 0 Å². The van der Waals surface area contributed by atoms with E-state index in [4.69, 9.17) is 5.73 Å². The maximum Gasteiger partial charge on any atom is 0.0180 e. The van der Waals surface area contributed by atoms with E-state index in [9.17, 15) is 0 Å². The molecule has 0 spiro atoms. The van der Waals surface area contributed by atoms with Crippen molar-refractivity contribution in [2.75, 3.05) is 25.6 Å². The molecule has 0 saturated heterocycles. The highest BCUT2D eigenvalue weighted by Crippen LogP contribution is 2.38. The largest absolute Gasteiger partial charge is 0.327 e. The van der Waals surface area contributed by atoms with Crippen LogP contribution in [0.25, 0.3) is 0 Å². The molecule has 3 atom stereocenters. The maximum atomic E-state index is 6.33. The number of thioether (sulfide) groups is 1. The van der Waals surface area contributed by atoms with Crippen LogP contribution in [0.2, 0.25) is 0 Å². The van der Waals surface area contributed by atoms with E-state index < -0.39 is 0 Å².